The van der Waals surface area contributed by atoms with Crippen molar-refractivity contribution in [3.63, 3.8) is 0 Å². The minimum atomic E-state index is -0.0167. The average Bonchev–Trinajstić information content (AvgIpc) is 3.39. The van der Waals surface area contributed by atoms with Crippen LogP contribution >= 0.6 is 0 Å². The van der Waals surface area contributed by atoms with Crippen molar-refractivity contribution in [2.75, 3.05) is 38.0 Å². The minimum absolute atomic E-state index is 0.0167. The molecule has 7 nitrogen and oxygen atoms in total. The van der Waals surface area contributed by atoms with Gasteiger partial charge in [-0.3, -0.25) is 9.59 Å². The molecule has 0 spiro atoms. The van der Waals surface area contributed by atoms with Gasteiger partial charge in [0.15, 0.2) is 0 Å². The summed E-state index contributed by atoms with van der Waals surface area (Å²) in [6.07, 6.45) is 8.19. The molecule has 178 valence electrons. The van der Waals surface area contributed by atoms with Crippen LogP contribution in [0.5, 0.6) is 0 Å². The second-order valence-corrected chi connectivity index (χ2v) is 10.3. The normalized spacial score (nSPS) is 26.2. The molecule has 0 aromatic heterocycles. The highest BCUT2D eigenvalue weighted by molar-refractivity contribution is 5.92. The number of hydrogen-bond donors (Lipinski definition) is 1. The van der Waals surface area contributed by atoms with E-state index in [0.29, 0.717) is 44.5 Å². The molecule has 1 N–H and O–H groups in total. The Morgan fingerprint density at radius 1 is 0.818 bits per heavy atom. The van der Waals surface area contributed by atoms with Crippen LogP contribution in [0.25, 0.3) is 0 Å². The van der Waals surface area contributed by atoms with E-state index in [1.165, 1.54) is 12.8 Å². The SMILES string of the molecule is O=C1Nc2ccccc2CN1CC1CCC(C(=O)N2CCN(C(=O)C3CCCC3)CC2)CC1. The zero-order valence-electron chi connectivity index (χ0n) is 19.5. The van der Waals surface area contributed by atoms with Crippen LogP contribution in [-0.2, 0) is 16.1 Å². The predicted octanol–water partition coefficient (Wildman–Crippen LogP) is 3.70. The number of nitrogens with zero attached hydrogens (tertiary/aromatic N) is 3. The first-order valence-corrected chi connectivity index (χ1v) is 12.8. The van der Waals surface area contributed by atoms with E-state index >= 15 is 0 Å². The van der Waals surface area contributed by atoms with Crippen molar-refractivity contribution in [3.8, 4) is 0 Å². The first kappa shape index (κ1) is 22.2. The first-order chi connectivity index (χ1) is 16.1. The monoisotopic (exact) mass is 452 g/mol. The summed E-state index contributed by atoms with van der Waals surface area (Å²) < 4.78 is 0. The molecule has 1 saturated heterocycles. The van der Waals surface area contributed by atoms with E-state index in [1.807, 2.05) is 32.9 Å². The number of nitrogens with one attached hydrogen (secondary N) is 1. The van der Waals surface area contributed by atoms with Gasteiger partial charge in [-0.15, -0.1) is 0 Å². The maximum Gasteiger partial charge on any atom is 0.322 e. The van der Waals surface area contributed by atoms with Crippen molar-refractivity contribution < 1.29 is 14.4 Å². The fourth-order valence-corrected chi connectivity index (χ4v) is 6.14. The van der Waals surface area contributed by atoms with E-state index in [1.54, 1.807) is 0 Å². The van der Waals surface area contributed by atoms with Crippen molar-refractivity contribution in [2.45, 2.75) is 57.9 Å². The fourth-order valence-electron chi connectivity index (χ4n) is 6.14. The van der Waals surface area contributed by atoms with E-state index in [0.717, 1.165) is 56.3 Å². The number of anilines is 1. The molecule has 33 heavy (non-hydrogen) atoms. The van der Waals surface area contributed by atoms with Crippen molar-refractivity contribution in [1.82, 2.24) is 14.7 Å². The highest BCUT2D eigenvalue weighted by Gasteiger charge is 2.35. The highest BCUT2D eigenvalue weighted by Crippen LogP contribution is 2.33. The van der Waals surface area contributed by atoms with E-state index < -0.39 is 0 Å². The van der Waals surface area contributed by atoms with Gasteiger partial charge in [-0.2, -0.15) is 0 Å². The summed E-state index contributed by atoms with van der Waals surface area (Å²) in [6, 6.07) is 7.96. The van der Waals surface area contributed by atoms with Gasteiger partial charge in [0.1, 0.15) is 0 Å². The largest absolute Gasteiger partial charge is 0.339 e. The molecule has 1 aromatic rings. The summed E-state index contributed by atoms with van der Waals surface area (Å²) in [7, 11) is 0. The molecule has 0 radical (unpaired) electrons. The van der Waals surface area contributed by atoms with E-state index in [2.05, 4.69) is 11.4 Å². The van der Waals surface area contributed by atoms with Crippen LogP contribution in [0.15, 0.2) is 24.3 Å². The molecule has 2 aliphatic carbocycles. The Labute approximate surface area is 196 Å². The van der Waals surface area contributed by atoms with Gasteiger partial charge >= 0.3 is 6.03 Å². The molecule has 0 bridgehead atoms. The van der Waals surface area contributed by atoms with Gasteiger partial charge < -0.3 is 20.0 Å². The third-order valence-corrected chi connectivity index (χ3v) is 8.19. The summed E-state index contributed by atoms with van der Waals surface area (Å²) in [4.78, 5) is 44.2. The van der Waals surface area contributed by atoms with Crippen LogP contribution in [-0.4, -0.2) is 65.3 Å². The van der Waals surface area contributed by atoms with Crippen LogP contribution in [0.3, 0.4) is 0 Å². The number of fused-ring (bicyclic) bond motifs is 1. The van der Waals surface area contributed by atoms with E-state index in [4.69, 9.17) is 0 Å². The lowest BCUT2D eigenvalue weighted by Crippen LogP contribution is -2.53. The molecule has 2 aliphatic heterocycles. The number of urea groups is 1. The van der Waals surface area contributed by atoms with Gasteiger partial charge in [0.05, 0.1) is 0 Å². The number of amides is 4. The molecule has 4 aliphatic rings. The summed E-state index contributed by atoms with van der Waals surface area (Å²) in [5.74, 6) is 1.34. The molecule has 2 saturated carbocycles. The third kappa shape index (κ3) is 4.87. The lowest BCUT2D eigenvalue weighted by molar-refractivity contribution is -0.144. The van der Waals surface area contributed by atoms with Crippen LogP contribution < -0.4 is 5.32 Å². The van der Waals surface area contributed by atoms with Crippen LogP contribution in [0, 0.1) is 17.8 Å². The minimum Gasteiger partial charge on any atom is -0.339 e. The molecule has 1 aromatic carbocycles. The van der Waals surface area contributed by atoms with Crippen LogP contribution in [0.1, 0.15) is 56.9 Å². The number of hydrogen-bond acceptors (Lipinski definition) is 3. The van der Waals surface area contributed by atoms with Gasteiger partial charge in [-0.1, -0.05) is 31.0 Å². The molecule has 2 heterocycles. The summed E-state index contributed by atoms with van der Waals surface area (Å²) in [6.45, 7) is 4.12. The summed E-state index contributed by atoms with van der Waals surface area (Å²) >= 11 is 0. The zero-order chi connectivity index (χ0) is 22.8. The lowest BCUT2D eigenvalue weighted by Gasteiger charge is -2.39. The predicted molar refractivity (Wildman–Crippen MR) is 126 cm³/mol. The first-order valence-electron chi connectivity index (χ1n) is 12.8. The van der Waals surface area contributed by atoms with Crippen molar-refractivity contribution in [1.29, 1.82) is 0 Å². The van der Waals surface area contributed by atoms with E-state index in [9.17, 15) is 14.4 Å². The zero-order valence-corrected chi connectivity index (χ0v) is 19.5. The molecule has 3 fully saturated rings. The molecule has 7 heteroatoms. The van der Waals surface area contributed by atoms with Crippen molar-refractivity contribution in [2.24, 2.45) is 17.8 Å². The third-order valence-electron chi connectivity index (χ3n) is 8.19. The van der Waals surface area contributed by atoms with Crippen LogP contribution in [0.2, 0.25) is 0 Å². The Balaban J connectivity index is 1.07. The molecule has 5 rings (SSSR count). The van der Waals surface area contributed by atoms with E-state index in [-0.39, 0.29) is 23.8 Å². The quantitative estimate of drug-likeness (QED) is 0.757. The number of carbonyl (C=O) groups excluding carboxylic acids is 3. The second kappa shape index (κ2) is 9.74. The maximum atomic E-state index is 13.1. The maximum absolute atomic E-state index is 13.1. The Morgan fingerprint density at radius 3 is 2.03 bits per heavy atom. The molecular weight excluding hydrogens is 416 g/mol. The standard InChI is InChI=1S/C26H36N4O3/c31-24(20-5-1-2-6-20)28-13-15-29(16-14-28)25(32)21-11-9-19(10-12-21)17-30-18-22-7-3-4-8-23(22)27-26(30)33/h3-4,7-8,19-21H,1-2,5-6,9-18H2,(H,27,33). The summed E-state index contributed by atoms with van der Waals surface area (Å²) in [5, 5.41) is 3.00. The molecule has 0 atom stereocenters. The molecular formula is C26H36N4O3. The van der Waals surface area contributed by atoms with Crippen LogP contribution in [0.4, 0.5) is 10.5 Å². The van der Waals surface area contributed by atoms with Gasteiger partial charge in [0, 0.05) is 56.8 Å². The summed E-state index contributed by atoms with van der Waals surface area (Å²) in [5.41, 5.74) is 2.07. The Hall–Kier alpha value is -2.57. The topological polar surface area (TPSA) is 73.0 Å². The van der Waals surface area contributed by atoms with Gasteiger partial charge in [-0.25, -0.2) is 4.79 Å². The Bertz CT molecular complexity index is 881. The average molecular weight is 453 g/mol. The number of rotatable bonds is 4. The van der Waals surface area contributed by atoms with Gasteiger partial charge in [0.2, 0.25) is 11.8 Å². The highest BCUT2D eigenvalue weighted by atomic mass is 16.2. The Kier molecular flexibility index (Phi) is 6.56. The number of piperazine rings is 1. The van der Waals surface area contributed by atoms with Gasteiger partial charge in [-0.05, 0) is 56.1 Å². The molecule has 4 amide bonds. The number of benzene rings is 1. The molecule has 0 unspecified atom stereocenters. The smallest absolute Gasteiger partial charge is 0.322 e. The fraction of sp³-hybridized carbons (Fsp3) is 0.654. The van der Waals surface area contributed by atoms with Gasteiger partial charge in [0.25, 0.3) is 0 Å². The lowest BCUT2D eigenvalue weighted by atomic mass is 9.81. The number of para-hydroxylation sites is 1. The van der Waals surface area contributed by atoms with Crippen molar-refractivity contribution in [3.05, 3.63) is 29.8 Å². The number of carbonyl (C=O) groups is 3. The second-order valence-electron chi connectivity index (χ2n) is 10.3. The Morgan fingerprint density at radius 2 is 1.39 bits per heavy atom. The van der Waals surface area contributed by atoms with Crippen molar-refractivity contribution >= 4 is 23.5 Å².